The summed E-state index contributed by atoms with van der Waals surface area (Å²) in [6.07, 6.45) is 1.03. The van der Waals surface area contributed by atoms with Crippen molar-refractivity contribution in [2.75, 3.05) is 26.0 Å². The summed E-state index contributed by atoms with van der Waals surface area (Å²) in [6, 6.07) is 0. The highest BCUT2D eigenvalue weighted by atomic mass is 32.2. The predicted octanol–water partition coefficient (Wildman–Crippen LogP) is 0.597. The number of hydrogen-bond donors (Lipinski definition) is 1. The number of hydrogen-bond acceptors (Lipinski definition) is 3. The van der Waals surface area contributed by atoms with Crippen molar-refractivity contribution in [1.29, 1.82) is 0 Å². The Balaban J connectivity index is 4.10. The molecule has 4 nitrogen and oxygen atoms in total. The quantitative estimate of drug-likeness (QED) is 0.506. The van der Waals surface area contributed by atoms with Crippen LogP contribution in [0, 0.1) is 0 Å². The molecular weight excluding hydrogens is 202 g/mol. The molecule has 0 radical (unpaired) electrons. The summed E-state index contributed by atoms with van der Waals surface area (Å²) in [4.78, 5) is 0. The van der Waals surface area contributed by atoms with E-state index >= 15 is 0 Å². The highest BCUT2D eigenvalue weighted by molar-refractivity contribution is 7.89. The molecule has 0 saturated carbocycles. The van der Waals surface area contributed by atoms with Crippen LogP contribution in [0.25, 0.3) is 0 Å². The normalized spacial score (nSPS) is 12.0. The van der Waals surface area contributed by atoms with Crippen LogP contribution in [-0.4, -0.2) is 43.8 Å². The Hall–Kier alpha value is -0.390. The van der Waals surface area contributed by atoms with Crippen LogP contribution in [0.2, 0.25) is 0 Å². The van der Waals surface area contributed by atoms with Gasteiger partial charge in [-0.2, -0.15) is 0 Å². The first-order chi connectivity index (χ1) is 6.40. The molecule has 5 heteroatoms. The van der Waals surface area contributed by atoms with E-state index in [1.807, 2.05) is 0 Å². The zero-order valence-corrected chi connectivity index (χ0v) is 9.68. The van der Waals surface area contributed by atoms with Crippen LogP contribution in [0.5, 0.6) is 0 Å². The Morgan fingerprint density at radius 3 is 2.43 bits per heavy atom. The van der Waals surface area contributed by atoms with Gasteiger partial charge in [0, 0.05) is 20.2 Å². The molecule has 0 unspecified atom stereocenters. The van der Waals surface area contributed by atoms with Gasteiger partial charge in [0.05, 0.1) is 5.75 Å². The molecule has 14 heavy (non-hydrogen) atoms. The fourth-order valence-electron chi connectivity index (χ4n) is 1.03. The molecule has 84 valence electrons. The van der Waals surface area contributed by atoms with Crippen molar-refractivity contribution < 1.29 is 13.5 Å². The average molecular weight is 221 g/mol. The summed E-state index contributed by atoms with van der Waals surface area (Å²) < 4.78 is 24.4. The minimum absolute atomic E-state index is 0.0414. The van der Waals surface area contributed by atoms with E-state index in [9.17, 15) is 8.42 Å². The maximum absolute atomic E-state index is 11.5. The van der Waals surface area contributed by atoms with E-state index in [0.29, 0.717) is 19.4 Å². The SMILES string of the molecule is C=C(C)CN(C)S(=O)(=O)CCCCO. The lowest BCUT2D eigenvalue weighted by Gasteiger charge is -2.16. The molecule has 0 aromatic rings. The summed E-state index contributed by atoms with van der Waals surface area (Å²) in [5, 5.41) is 8.52. The molecule has 0 rings (SSSR count). The highest BCUT2D eigenvalue weighted by Gasteiger charge is 2.16. The lowest BCUT2D eigenvalue weighted by atomic mass is 10.4. The van der Waals surface area contributed by atoms with Crippen molar-refractivity contribution in [3.63, 3.8) is 0 Å². The first-order valence-electron chi connectivity index (χ1n) is 4.59. The van der Waals surface area contributed by atoms with E-state index < -0.39 is 10.0 Å². The molecule has 0 aliphatic carbocycles. The molecule has 0 fully saturated rings. The molecule has 0 spiro atoms. The van der Waals surface area contributed by atoms with E-state index in [2.05, 4.69) is 6.58 Å². The second-order valence-electron chi connectivity index (χ2n) is 3.46. The second-order valence-corrected chi connectivity index (χ2v) is 5.66. The molecular formula is C9H19NO3S. The van der Waals surface area contributed by atoms with Crippen LogP contribution in [0.1, 0.15) is 19.8 Å². The minimum Gasteiger partial charge on any atom is -0.396 e. The molecule has 0 saturated heterocycles. The largest absolute Gasteiger partial charge is 0.396 e. The van der Waals surface area contributed by atoms with Crippen molar-refractivity contribution in [3.8, 4) is 0 Å². The number of likely N-dealkylation sites (N-methyl/N-ethyl adjacent to an activating group) is 1. The molecule has 0 bridgehead atoms. The first-order valence-corrected chi connectivity index (χ1v) is 6.20. The van der Waals surface area contributed by atoms with E-state index in [1.54, 1.807) is 14.0 Å². The Bertz CT molecular complexity index is 272. The van der Waals surface area contributed by atoms with Crippen LogP contribution < -0.4 is 0 Å². The van der Waals surface area contributed by atoms with Gasteiger partial charge in [0.2, 0.25) is 10.0 Å². The van der Waals surface area contributed by atoms with Crippen molar-refractivity contribution in [3.05, 3.63) is 12.2 Å². The van der Waals surface area contributed by atoms with Gasteiger partial charge in [-0.3, -0.25) is 0 Å². The van der Waals surface area contributed by atoms with Crippen LogP contribution in [0.3, 0.4) is 0 Å². The average Bonchev–Trinajstić information content (AvgIpc) is 2.03. The van der Waals surface area contributed by atoms with Crippen LogP contribution in [-0.2, 0) is 10.0 Å². The van der Waals surface area contributed by atoms with Gasteiger partial charge in [-0.25, -0.2) is 12.7 Å². The summed E-state index contributed by atoms with van der Waals surface area (Å²) in [6.45, 7) is 5.85. The molecule has 0 aliphatic rings. The summed E-state index contributed by atoms with van der Waals surface area (Å²) >= 11 is 0. The monoisotopic (exact) mass is 221 g/mol. The van der Waals surface area contributed by atoms with Crippen LogP contribution in [0.15, 0.2) is 12.2 Å². The summed E-state index contributed by atoms with van der Waals surface area (Å²) in [7, 11) is -1.62. The van der Waals surface area contributed by atoms with E-state index in [4.69, 9.17) is 5.11 Å². The van der Waals surface area contributed by atoms with Crippen molar-refractivity contribution in [1.82, 2.24) is 4.31 Å². The number of sulfonamides is 1. The van der Waals surface area contributed by atoms with Crippen molar-refractivity contribution in [2.24, 2.45) is 0 Å². The third-order valence-electron chi connectivity index (χ3n) is 1.78. The third kappa shape index (κ3) is 5.36. The van der Waals surface area contributed by atoms with Gasteiger partial charge in [-0.1, -0.05) is 12.2 Å². The van der Waals surface area contributed by atoms with Gasteiger partial charge >= 0.3 is 0 Å². The van der Waals surface area contributed by atoms with E-state index in [0.717, 1.165) is 5.57 Å². The lowest BCUT2D eigenvalue weighted by molar-refractivity contribution is 0.287. The Kier molecular flexibility index (Phi) is 5.99. The minimum atomic E-state index is -3.17. The first kappa shape index (κ1) is 13.6. The molecule has 0 aliphatic heterocycles. The molecule has 0 heterocycles. The molecule has 0 aromatic heterocycles. The second kappa shape index (κ2) is 6.16. The number of unbranched alkanes of at least 4 members (excludes halogenated alkanes) is 1. The fraction of sp³-hybridized carbons (Fsp3) is 0.778. The van der Waals surface area contributed by atoms with Gasteiger partial charge in [0.1, 0.15) is 0 Å². The maximum atomic E-state index is 11.5. The number of aliphatic hydroxyl groups is 1. The van der Waals surface area contributed by atoms with Gasteiger partial charge in [-0.05, 0) is 19.8 Å². The number of aliphatic hydroxyl groups excluding tert-OH is 1. The van der Waals surface area contributed by atoms with Gasteiger partial charge < -0.3 is 5.11 Å². The zero-order valence-electron chi connectivity index (χ0n) is 8.86. The van der Waals surface area contributed by atoms with Gasteiger partial charge in [-0.15, -0.1) is 0 Å². The predicted molar refractivity (Wildman–Crippen MR) is 57.6 cm³/mol. The smallest absolute Gasteiger partial charge is 0.214 e. The summed E-state index contributed by atoms with van der Waals surface area (Å²) in [5.74, 6) is 0.0946. The highest BCUT2D eigenvalue weighted by Crippen LogP contribution is 2.04. The van der Waals surface area contributed by atoms with Crippen molar-refractivity contribution >= 4 is 10.0 Å². The molecule has 0 aromatic carbocycles. The van der Waals surface area contributed by atoms with E-state index in [1.165, 1.54) is 4.31 Å². The van der Waals surface area contributed by atoms with Crippen molar-refractivity contribution in [2.45, 2.75) is 19.8 Å². The molecule has 1 N–H and O–H groups in total. The van der Waals surface area contributed by atoms with Crippen LogP contribution >= 0.6 is 0 Å². The Labute approximate surface area is 86.3 Å². The van der Waals surface area contributed by atoms with Gasteiger partial charge in [0.25, 0.3) is 0 Å². The van der Waals surface area contributed by atoms with Gasteiger partial charge in [0.15, 0.2) is 0 Å². The van der Waals surface area contributed by atoms with Crippen LogP contribution in [0.4, 0.5) is 0 Å². The third-order valence-corrected chi connectivity index (χ3v) is 3.66. The standard InChI is InChI=1S/C9H19NO3S/c1-9(2)8-10(3)14(12,13)7-5-4-6-11/h11H,1,4-8H2,2-3H3. The lowest BCUT2D eigenvalue weighted by Crippen LogP contribution is -2.30. The van der Waals surface area contributed by atoms with E-state index in [-0.39, 0.29) is 12.4 Å². The number of rotatable bonds is 7. The maximum Gasteiger partial charge on any atom is 0.214 e. The summed E-state index contributed by atoms with van der Waals surface area (Å²) in [5.41, 5.74) is 0.818. The number of nitrogens with zero attached hydrogens (tertiary/aromatic N) is 1. The molecule has 0 atom stereocenters. The Morgan fingerprint density at radius 1 is 1.43 bits per heavy atom. The topological polar surface area (TPSA) is 57.6 Å². The fourth-order valence-corrected chi connectivity index (χ4v) is 2.33. The Morgan fingerprint density at radius 2 is 2.00 bits per heavy atom. The molecule has 0 amide bonds. The zero-order chi connectivity index (χ0) is 11.2.